The van der Waals surface area contributed by atoms with Gasteiger partial charge in [0.1, 0.15) is 0 Å². The minimum absolute atomic E-state index is 0.0518. The summed E-state index contributed by atoms with van der Waals surface area (Å²) in [7, 11) is 5.98. The van der Waals surface area contributed by atoms with Gasteiger partial charge < -0.3 is 19.5 Å². The zero-order valence-electron chi connectivity index (χ0n) is 11.9. The normalized spacial score (nSPS) is 9.80. The minimum atomic E-state index is -0.537. The van der Waals surface area contributed by atoms with Crippen LogP contribution in [0.2, 0.25) is 0 Å². The van der Waals surface area contributed by atoms with Gasteiger partial charge in [0.15, 0.2) is 11.5 Å². The molecule has 0 unspecified atom stereocenters. The summed E-state index contributed by atoms with van der Waals surface area (Å²) in [5.41, 5.74) is 0.240. The Bertz CT molecular complexity index is 477. The number of likely N-dealkylation sites (N-methyl/N-ethyl adjacent to an activating group) is 1. The van der Waals surface area contributed by atoms with Gasteiger partial charge >= 0.3 is 0 Å². The number of carbonyl (C=O) groups is 2. The highest BCUT2D eigenvalue weighted by atomic mass is 16.5. The molecule has 0 bridgehead atoms. The standard InChI is InChI=1S/C13H18N2O5/c1-14-7-11(16)15-13(17)8-5-9(18-2)12(20-4)10(6-8)19-3/h5-6,14H,7H2,1-4H3,(H,15,16,17). The van der Waals surface area contributed by atoms with Crippen LogP contribution in [0.5, 0.6) is 17.2 Å². The Hall–Kier alpha value is -2.28. The number of methoxy groups -OCH3 is 3. The molecule has 1 aromatic rings. The number of ether oxygens (including phenoxy) is 3. The molecule has 20 heavy (non-hydrogen) atoms. The number of hydrogen-bond acceptors (Lipinski definition) is 6. The fourth-order valence-corrected chi connectivity index (χ4v) is 1.62. The van der Waals surface area contributed by atoms with Crippen molar-refractivity contribution < 1.29 is 23.8 Å². The molecule has 0 saturated carbocycles. The molecule has 1 aromatic carbocycles. The first-order valence-electron chi connectivity index (χ1n) is 5.86. The van der Waals surface area contributed by atoms with Gasteiger partial charge in [-0.2, -0.15) is 0 Å². The summed E-state index contributed by atoms with van der Waals surface area (Å²) in [4.78, 5) is 23.3. The van der Waals surface area contributed by atoms with Crippen LogP contribution in [0.3, 0.4) is 0 Å². The van der Waals surface area contributed by atoms with Crippen LogP contribution in [0.15, 0.2) is 12.1 Å². The van der Waals surface area contributed by atoms with E-state index in [0.717, 1.165) is 0 Å². The summed E-state index contributed by atoms with van der Waals surface area (Å²) in [6.45, 7) is 0.0518. The van der Waals surface area contributed by atoms with Crippen molar-refractivity contribution in [1.29, 1.82) is 0 Å². The quantitative estimate of drug-likeness (QED) is 0.774. The maximum Gasteiger partial charge on any atom is 0.258 e. The van der Waals surface area contributed by atoms with Crippen LogP contribution in [-0.4, -0.2) is 46.7 Å². The molecule has 0 radical (unpaired) electrons. The van der Waals surface area contributed by atoms with Crippen molar-refractivity contribution >= 4 is 11.8 Å². The van der Waals surface area contributed by atoms with Gasteiger partial charge in [0.05, 0.1) is 27.9 Å². The zero-order valence-corrected chi connectivity index (χ0v) is 11.9. The van der Waals surface area contributed by atoms with Gasteiger partial charge in [-0.1, -0.05) is 0 Å². The Morgan fingerprint density at radius 3 is 2.00 bits per heavy atom. The molecule has 0 aliphatic carbocycles. The average molecular weight is 282 g/mol. The highest BCUT2D eigenvalue weighted by Gasteiger charge is 2.18. The predicted octanol–water partition coefficient (Wildman–Crippen LogP) is 0.188. The fourth-order valence-electron chi connectivity index (χ4n) is 1.62. The summed E-state index contributed by atoms with van der Waals surface area (Å²) in [5.74, 6) is 0.111. The Kier molecular flexibility index (Phi) is 5.79. The van der Waals surface area contributed by atoms with Crippen molar-refractivity contribution in [3.05, 3.63) is 17.7 Å². The number of amides is 2. The average Bonchev–Trinajstić information content (AvgIpc) is 2.45. The van der Waals surface area contributed by atoms with E-state index < -0.39 is 11.8 Å². The first-order chi connectivity index (χ1) is 9.57. The summed E-state index contributed by atoms with van der Waals surface area (Å²) < 4.78 is 15.4. The van der Waals surface area contributed by atoms with Gasteiger partial charge in [0, 0.05) is 5.56 Å². The number of imide groups is 1. The van der Waals surface area contributed by atoms with E-state index in [-0.39, 0.29) is 12.1 Å². The zero-order chi connectivity index (χ0) is 15.1. The molecule has 2 amide bonds. The number of hydrogen-bond donors (Lipinski definition) is 2. The first kappa shape index (κ1) is 15.8. The number of benzene rings is 1. The second-order valence-electron chi connectivity index (χ2n) is 3.82. The second kappa shape index (κ2) is 7.34. The van der Waals surface area contributed by atoms with Crippen molar-refractivity contribution in [3.63, 3.8) is 0 Å². The number of rotatable bonds is 6. The van der Waals surface area contributed by atoms with Crippen LogP contribution in [0, 0.1) is 0 Å². The van der Waals surface area contributed by atoms with E-state index in [2.05, 4.69) is 10.6 Å². The van der Waals surface area contributed by atoms with Crippen LogP contribution in [0.25, 0.3) is 0 Å². The predicted molar refractivity (Wildman–Crippen MR) is 72.5 cm³/mol. The van der Waals surface area contributed by atoms with Crippen molar-refractivity contribution in [1.82, 2.24) is 10.6 Å². The van der Waals surface area contributed by atoms with E-state index in [1.54, 1.807) is 7.05 Å². The Morgan fingerprint density at radius 1 is 1.05 bits per heavy atom. The maximum atomic E-state index is 12.0. The highest BCUT2D eigenvalue weighted by Crippen LogP contribution is 2.38. The lowest BCUT2D eigenvalue weighted by molar-refractivity contribution is -0.119. The maximum absolute atomic E-state index is 12.0. The van der Waals surface area contributed by atoms with Crippen LogP contribution < -0.4 is 24.8 Å². The molecule has 0 aliphatic rings. The van der Waals surface area contributed by atoms with E-state index in [1.807, 2.05) is 0 Å². The van der Waals surface area contributed by atoms with Gasteiger partial charge in [-0.25, -0.2) is 0 Å². The Balaban J connectivity index is 3.06. The Morgan fingerprint density at radius 2 is 1.60 bits per heavy atom. The van der Waals surface area contributed by atoms with Gasteiger partial charge in [-0.05, 0) is 19.2 Å². The van der Waals surface area contributed by atoms with Gasteiger partial charge in [-0.15, -0.1) is 0 Å². The molecular formula is C13H18N2O5. The van der Waals surface area contributed by atoms with Crippen LogP contribution in [0.1, 0.15) is 10.4 Å². The molecule has 0 atom stereocenters. The SMILES string of the molecule is CNCC(=O)NC(=O)c1cc(OC)c(OC)c(OC)c1. The van der Waals surface area contributed by atoms with Crippen LogP contribution in [0.4, 0.5) is 0 Å². The highest BCUT2D eigenvalue weighted by molar-refractivity contribution is 6.05. The third kappa shape index (κ3) is 3.61. The smallest absolute Gasteiger partial charge is 0.258 e. The molecule has 0 heterocycles. The van der Waals surface area contributed by atoms with E-state index >= 15 is 0 Å². The lowest BCUT2D eigenvalue weighted by Crippen LogP contribution is -2.36. The Labute approximate surface area is 117 Å². The van der Waals surface area contributed by atoms with Crippen LogP contribution >= 0.6 is 0 Å². The summed E-state index contributed by atoms with van der Waals surface area (Å²) >= 11 is 0. The third-order valence-electron chi connectivity index (χ3n) is 2.52. The molecule has 110 valence electrons. The molecule has 7 heteroatoms. The molecule has 2 N–H and O–H groups in total. The summed E-state index contributed by atoms with van der Waals surface area (Å²) in [6.07, 6.45) is 0. The molecule has 0 fully saturated rings. The molecule has 0 aromatic heterocycles. The third-order valence-corrected chi connectivity index (χ3v) is 2.52. The summed E-state index contributed by atoms with van der Waals surface area (Å²) in [5, 5.41) is 4.90. The van der Waals surface area contributed by atoms with Gasteiger partial charge in [-0.3, -0.25) is 14.9 Å². The van der Waals surface area contributed by atoms with Crippen molar-refractivity contribution in [2.24, 2.45) is 0 Å². The first-order valence-corrected chi connectivity index (χ1v) is 5.86. The van der Waals surface area contributed by atoms with Crippen molar-refractivity contribution in [2.75, 3.05) is 34.9 Å². The molecule has 0 aliphatic heterocycles. The fraction of sp³-hybridized carbons (Fsp3) is 0.385. The number of carbonyl (C=O) groups excluding carboxylic acids is 2. The van der Waals surface area contributed by atoms with Crippen molar-refractivity contribution in [2.45, 2.75) is 0 Å². The van der Waals surface area contributed by atoms with Gasteiger partial charge in [0.2, 0.25) is 11.7 Å². The van der Waals surface area contributed by atoms with Crippen molar-refractivity contribution in [3.8, 4) is 17.2 Å². The van der Waals surface area contributed by atoms with Crippen LogP contribution in [-0.2, 0) is 4.79 Å². The minimum Gasteiger partial charge on any atom is -0.493 e. The molecule has 7 nitrogen and oxygen atoms in total. The topological polar surface area (TPSA) is 85.9 Å². The van der Waals surface area contributed by atoms with E-state index in [9.17, 15) is 9.59 Å². The molecule has 0 saturated heterocycles. The molecule has 1 rings (SSSR count). The molecule has 0 spiro atoms. The lowest BCUT2D eigenvalue weighted by atomic mass is 10.1. The van der Waals surface area contributed by atoms with Gasteiger partial charge in [0.25, 0.3) is 5.91 Å². The van der Waals surface area contributed by atoms with E-state index in [1.165, 1.54) is 33.5 Å². The molecular weight excluding hydrogens is 264 g/mol. The summed E-state index contributed by atoms with van der Waals surface area (Å²) in [6, 6.07) is 2.95. The monoisotopic (exact) mass is 282 g/mol. The van der Waals surface area contributed by atoms with E-state index in [4.69, 9.17) is 14.2 Å². The second-order valence-corrected chi connectivity index (χ2v) is 3.82. The lowest BCUT2D eigenvalue weighted by Gasteiger charge is -2.13. The number of nitrogens with one attached hydrogen (secondary N) is 2. The largest absolute Gasteiger partial charge is 0.493 e. The van der Waals surface area contributed by atoms with E-state index in [0.29, 0.717) is 17.2 Å².